The Kier molecular flexibility index (Phi) is 2.48. The molecule has 3 aliphatic rings. The van der Waals surface area contributed by atoms with Gasteiger partial charge in [0.25, 0.3) is 0 Å². The number of ether oxygens (including phenoxy) is 1. The van der Waals surface area contributed by atoms with Crippen LogP contribution < -0.4 is 0 Å². The molecule has 4 atom stereocenters. The molecule has 0 radical (unpaired) electrons. The topological polar surface area (TPSA) is 83.8 Å². The van der Waals surface area contributed by atoms with Gasteiger partial charge in [0.05, 0.1) is 12.0 Å². The van der Waals surface area contributed by atoms with Crippen molar-refractivity contribution in [3.8, 4) is 0 Å². The van der Waals surface area contributed by atoms with Crippen molar-refractivity contribution in [1.29, 1.82) is 0 Å². The molecule has 5 heteroatoms. The van der Waals surface area contributed by atoms with Crippen LogP contribution in [0.15, 0.2) is 11.6 Å². The Bertz CT molecular complexity index is 534. The summed E-state index contributed by atoms with van der Waals surface area (Å²) in [4.78, 5) is 23.2. The lowest BCUT2D eigenvalue weighted by Crippen LogP contribution is -2.55. The molecule has 0 aromatic heterocycles. The Labute approximate surface area is 117 Å². The van der Waals surface area contributed by atoms with Crippen molar-refractivity contribution in [2.75, 3.05) is 0 Å². The molecule has 3 rings (SSSR count). The van der Waals surface area contributed by atoms with Gasteiger partial charge < -0.3 is 14.9 Å². The van der Waals surface area contributed by atoms with Crippen LogP contribution in [-0.2, 0) is 14.3 Å². The largest absolute Gasteiger partial charge is 0.478 e. The first-order chi connectivity index (χ1) is 9.11. The van der Waals surface area contributed by atoms with Crippen LogP contribution in [0, 0.1) is 16.7 Å². The van der Waals surface area contributed by atoms with Crippen LogP contribution in [0.25, 0.3) is 0 Å². The minimum atomic E-state index is -1.20. The summed E-state index contributed by atoms with van der Waals surface area (Å²) in [7, 11) is 0. The third-order valence-corrected chi connectivity index (χ3v) is 5.37. The Morgan fingerprint density at radius 1 is 1.40 bits per heavy atom. The maximum absolute atomic E-state index is 11.7. The zero-order valence-electron chi connectivity index (χ0n) is 12.0. The lowest BCUT2D eigenvalue weighted by atomic mass is 9.62. The van der Waals surface area contributed by atoms with Crippen molar-refractivity contribution in [3.63, 3.8) is 0 Å². The van der Waals surface area contributed by atoms with E-state index in [1.54, 1.807) is 6.92 Å². The van der Waals surface area contributed by atoms with Crippen LogP contribution in [0.4, 0.5) is 0 Å². The summed E-state index contributed by atoms with van der Waals surface area (Å²) >= 11 is 0. The molecule has 0 aromatic carbocycles. The van der Waals surface area contributed by atoms with Gasteiger partial charge in [0.1, 0.15) is 6.10 Å². The molecule has 1 saturated carbocycles. The van der Waals surface area contributed by atoms with Gasteiger partial charge in [-0.3, -0.25) is 4.79 Å². The molecule has 5 nitrogen and oxygen atoms in total. The predicted molar refractivity (Wildman–Crippen MR) is 69.8 cm³/mol. The number of hydrogen-bond acceptors (Lipinski definition) is 4. The van der Waals surface area contributed by atoms with Crippen LogP contribution in [0.3, 0.4) is 0 Å². The summed E-state index contributed by atoms with van der Waals surface area (Å²) in [6.07, 6.45) is 2.19. The van der Waals surface area contributed by atoms with Crippen molar-refractivity contribution in [2.24, 2.45) is 16.7 Å². The molecule has 2 fully saturated rings. The van der Waals surface area contributed by atoms with Crippen LogP contribution in [0.1, 0.15) is 40.0 Å². The highest BCUT2D eigenvalue weighted by molar-refractivity contribution is 5.90. The van der Waals surface area contributed by atoms with E-state index < -0.39 is 29.0 Å². The maximum atomic E-state index is 11.7. The molecule has 110 valence electrons. The van der Waals surface area contributed by atoms with Crippen molar-refractivity contribution >= 4 is 11.9 Å². The van der Waals surface area contributed by atoms with Gasteiger partial charge in [-0.05, 0) is 31.3 Å². The van der Waals surface area contributed by atoms with E-state index in [-0.39, 0.29) is 23.4 Å². The molecule has 1 spiro atoms. The summed E-state index contributed by atoms with van der Waals surface area (Å²) in [6.45, 7) is 5.90. The highest BCUT2D eigenvalue weighted by atomic mass is 16.5. The Hall–Kier alpha value is -1.36. The minimum Gasteiger partial charge on any atom is -0.478 e. The first kappa shape index (κ1) is 13.6. The van der Waals surface area contributed by atoms with Crippen molar-refractivity contribution in [2.45, 2.75) is 51.7 Å². The van der Waals surface area contributed by atoms with Crippen LogP contribution in [0.5, 0.6) is 0 Å². The van der Waals surface area contributed by atoms with Crippen molar-refractivity contribution in [3.05, 3.63) is 11.6 Å². The molecule has 0 amide bonds. The minimum absolute atomic E-state index is 0.0425. The summed E-state index contributed by atoms with van der Waals surface area (Å²) in [5.74, 6) is -1.88. The molecule has 20 heavy (non-hydrogen) atoms. The molecule has 4 unspecified atom stereocenters. The average Bonchev–Trinajstić information content (AvgIpc) is 2.61. The number of esters is 1. The van der Waals surface area contributed by atoms with E-state index in [0.29, 0.717) is 12.8 Å². The van der Waals surface area contributed by atoms with Gasteiger partial charge in [-0.2, -0.15) is 0 Å². The molecule has 0 bridgehead atoms. The van der Waals surface area contributed by atoms with E-state index >= 15 is 0 Å². The summed E-state index contributed by atoms with van der Waals surface area (Å²) < 4.78 is 5.37. The molecule has 2 aliphatic carbocycles. The Balaban J connectivity index is 2.17. The van der Waals surface area contributed by atoms with E-state index in [4.69, 9.17) is 4.74 Å². The van der Waals surface area contributed by atoms with Gasteiger partial charge in [-0.15, -0.1) is 0 Å². The van der Waals surface area contributed by atoms with Gasteiger partial charge in [0.2, 0.25) is 0 Å². The molecular weight excluding hydrogens is 260 g/mol. The molecule has 1 aliphatic heterocycles. The normalized spacial score (nSPS) is 45.4. The van der Waals surface area contributed by atoms with Gasteiger partial charge >= 0.3 is 11.9 Å². The Morgan fingerprint density at radius 2 is 2.05 bits per heavy atom. The molecular formula is C15H20O5. The summed E-state index contributed by atoms with van der Waals surface area (Å²) in [5.41, 5.74) is -1.83. The van der Waals surface area contributed by atoms with Crippen molar-refractivity contribution in [1.82, 2.24) is 0 Å². The van der Waals surface area contributed by atoms with Crippen LogP contribution >= 0.6 is 0 Å². The fourth-order valence-corrected chi connectivity index (χ4v) is 4.95. The van der Waals surface area contributed by atoms with Gasteiger partial charge in [0.15, 0.2) is 0 Å². The van der Waals surface area contributed by atoms with E-state index in [1.807, 2.05) is 0 Å². The third kappa shape index (κ3) is 1.47. The standard InChI is InChI=1S/C15H20O5/c1-8-15-7-13(2,3)6-14(15,19)5-9(12(17)18)10(15)4-11(16)20-8/h5,8,10,19H,4,6-7H2,1-3H3,(H,17,18). The number of carbonyl (C=O) groups is 2. The summed E-state index contributed by atoms with van der Waals surface area (Å²) in [5, 5.41) is 20.5. The lowest BCUT2D eigenvalue weighted by Gasteiger charge is -2.48. The monoisotopic (exact) mass is 280 g/mol. The maximum Gasteiger partial charge on any atom is 0.331 e. The predicted octanol–water partition coefficient (Wildman–Crippen LogP) is 1.50. The zero-order valence-corrected chi connectivity index (χ0v) is 12.0. The average molecular weight is 280 g/mol. The van der Waals surface area contributed by atoms with Crippen LogP contribution in [0.2, 0.25) is 0 Å². The van der Waals surface area contributed by atoms with Gasteiger partial charge in [-0.25, -0.2) is 4.79 Å². The smallest absolute Gasteiger partial charge is 0.331 e. The lowest BCUT2D eigenvalue weighted by molar-refractivity contribution is -0.186. The van der Waals surface area contributed by atoms with Gasteiger partial charge in [-0.1, -0.05) is 13.8 Å². The number of carboxylic acid groups (broad SMARTS) is 1. The third-order valence-electron chi connectivity index (χ3n) is 5.37. The first-order valence-electron chi connectivity index (χ1n) is 6.99. The SMILES string of the molecule is CC1OC(=O)CC2C(C(=O)O)=CC3(O)CC(C)(C)CC123. The fourth-order valence-electron chi connectivity index (χ4n) is 4.95. The van der Waals surface area contributed by atoms with Crippen molar-refractivity contribution < 1.29 is 24.5 Å². The van der Waals surface area contributed by atoms with E-state index in [0.717, 1.165) is 0 Å². The molecule has 2 N–H and O–H groups in total. The van der Waals surface area contributed by atoms with Gasteiger partial charge in [0, 0.05) is 16.9 Å². The quantitative estimate of drug-likeness (QED) is 0.711. The highest BCUT2D eigenvalue weighted by Gasteiger charge is 2.71. The number of aliphatic hydroxyl groups is 1. The second-order valence-electron chi connectivity index (χ2n) is 7.28. The first-order valence-corrected chi connectivity index (χ1v) is 6.99. The van der Waals surface area contributed by atoms with E-state index in [1.165, 1.54) is 6.08 Å². The molecule has 1 saturated heterocycles. The number of rotatable bonds is 1. The number of cyclic esters (lactones) is 1. The van der Waals surface area contributed by atoms with Crippen LogP contribution in [-0.4, -0.2) is 33.9 Å². The number of carboxylic acids is 1. The molecule has 1 heterocycles. The summed E-state index contributed by atoms with van der Waals surface area (Å²) in [6, 6.07) is 0. The number of aliphatic carboxylic acids is 1. The zero-order chi connectivity index (χ0) is 14.9. The highest BCUT2D eigenvalue weighted by Crippen LogP contribution is 2.68. The second kappa shape index (κ2) is 3.64. The Morgan fingerprint density at radius 3 is 2.65 bits per heavy atom. The molecule has 0 aromatic rings. The second-order valence-corrected chi connectivity index (χ2v) is 7.28. The number of hydrogen-bond donors (Lipinski definition) is 2. The van der Waals surface area contributed by atoms with E-state index in [9.17, 15) is 19.8 Å². The van der Waals surface area contributed by atoms with E-state index in [2.05, 4.69) is 13.8 Å². The number of carbonyl (C=O) groups excluding carboxylic acids is 1. The fraction of sp³-hybridized carbons (Fsp3) is 0.733.